The van der Waals surface area contributed by atoms with Crippen LogP contribution < -0.4 is 10.7 Å². The molecule has 7 heteroatoms. The molecule has 20 heavy (non-hydrogen) atoms. The van der Waals surface area contributed by atoms with Crippen LogP contribution in [0.2, 0.25) is 0 Å². The number of thioether (sulfide) groups is 2. The lowest BCUT2D eigenvalue weighted by atomic mass is 10.0. The Morgan fingerprint density at radius 1 is 1.35 bits per heavy atom. The van der Waals surface area contributed by atoms with Gasteiger partial charge in [0.25, 0.3) is 5.24 Å². The lowest BCUT2D eigenvalue weighted by Crippen LogP contribution is -2.29. The van der Waals surface area contributed by atoms with Gasteiger partial charge in [0, 0.05) is 5.69 Å². The van der Waals surface area contributed by atoms with E-state index >= 15 is 0 Å². The van der Waals surface area contributed by atoms with Crippen molar-refractivity contribution >= 4 is 46.1 Å². The summed E-state index contributed by atoms with van der Waals surface area (Å²) in [5.74, 6) is 0.0194. The Kier molecular flexibility index (Phi) is 3.47. The maximum absolute atomic E-state index is 11.8. The summed E-state index contributed by atoms with van der Waals surface area (Å²) in [7, 11) is 0. The summed E-state index contributed by atoms with van der Waals surface area (Å²) in [4.78, 5) is 23.1. The highest BCUT2D eigenvalue weighted by molar-refractivity contribution is 8.14. The molecule has 0 saturated carbocycles. The third kappa shape index (κ3) is 2.20. The monoisotopic (exact) mass is 307 g/mol. The highest BCUT2D eigenvalue weighted by Crippen LogP contribution is 2.39. The van der Waals surface area contributed by atoms with Crippen LogP contribution in [0.3, 0.4) is 0 Å². The minimum Gasteiger partial charge on any atom is -0.325 e. The van der Waals surface area contributed by atoms with Crippen molar-refractivity contribution < 1.29 is 9.59 Å². The van der Waals surface area contributed by atoms with Crippen LogP contribution in [0, 0.1) is 0 Å². The summed E-state index contributed by atoms with van der Waals surface area (Å²) in [6.07, 6.45) is 1.92. The molecule has 5 nitrogen and oxygen atoms in total. The van der Waals surface area contributed by atoms with E-state index in [1.807, 2.05) is 31.4 Å². The highest BCUT2D eigenvalue weighted by Gasteiger charge is 2.31. The van der Waals surface area contributed by atoms with Crippen LogP contribution in [0.4, 0.5) is 10.5 Å². The van der Waals surface area contributed by atoms with E-state index in [9.17, 15) is 9.59 Å². The van der Waals surface area contributed by atoms with Gasteiger partial charge in [-0.15, -0.1) is 11.8 Å². The summed E-state index contributed by atoms with van der Waals surface area (Å²) in [6.45, 7) is 1.95. The van der Waals surface area contributed by atoms with Crippen molar-refractivity contribution in [2.75, 3.05) is 11.6 Å². The third-order valence-electron chi connectivity index (χ3n) is 3.30. The maximum Gasteiger partial charge on any atom is 0.299 e. The smallest absolute Gasteiger partial charge is 0.299 e. The van der Waals surface area contributed by atoms with E-state index in [-0.39, 0.29) is 21.6 Å². The molecule has 104 valence electrons. The molecular formula is C13H13N3O2S2. The van der Waals surface area contributed by atoms with Crippen molar-refractivity contribution in [2.24, 2.45) is 5.10 Å². The molecule has 0 fully saturated rings. The molecule has 2 atom stereocenters. The molecular weight excluding hydrogens is 294 g/mol. The van der Waals surface area contributed by atoms with E-state index < -0.39 is 0 Å². The molecule has 2 amide bonds. The summed E-state index contributed by atoms with van der Waals surface area (Å²) in [5.41, 5.74) is 6.10. The van der Waals surface area contributed by atoms with Gasteiger partial charge in [-0.2, -0.15) is 5.10 Å². The summed E-state index contributed by atoms with van der Waals surface area (Å²) in [5, 5.41) is 6.70. The number of carbonyl (C=O) groups is 2. The van der Waals surface area contributed by atoms with Gasteiger partial charge in [0.1, 0.15) is 5.25 Å². The topological polar surface area (TPSA) is 70.6 Å². The number of benzene rings is 1. The predicted octanol–water partition coefficient (Wildman–Crippen LogP) is 2.59. The molecule has 0 spiro atoms. The first-order valence-corrected chi connectivity index (χ1v) is 8.29. The Balaban J connectivity index is 2.00. The zero-order chi connectivity index (χ0) is 14.3. The number of amides is 2. The maximum atomic E-state index is 11.8. The molecule has 2 heterocycles. The Bertz CT molecular complexity index is 630. The molecule has 0 bridgehead atoms. The van der Waals surface area contributed by atoms with E-state index in [2.05, 4.69) is 15.8 Å². The number of nitrogens with one attached hydrogen (secondary N) is 2. The lowest BCUT2D eigenvalue weighted by molar-refractivity contribution is -0.115. The van der Waals surface area contributed by atoms with Crippen LogP contribution in [0.5, 0.6) is 0 Å². The minimum absolute atomic E-state index is 0.000377. The molecule has 3 rings (SSSR count). The Morgan fingerprint density at radius 2 is 2.15 bits per heavy atom. The van der Waals surface area contributed by atoms with E-state index in [0.717, 1.165) is 22.5 Å². The Labute approximate surface area is 125 Å². The molecule has 0 aliphatic carbocycles. The van der Waals surface area contributed by atoms with Crippen molar-refractivity contribution in [3.05, 3.63) is 29.3 Å². The second-order valence-corrected chi connectivity index (χ2v) is 6.82. The van der Waals surface area contributed by atoms with Crippen molar-refractivity contribution in [3.63, 3.8) is 0 Å². The number of fused-ring (bicyclic) bond motifs is 1. The lowest BCUT2D eigenvalue weighted by Gasteiger charge is -2.19. The second-order valence-electron chi connectivity index (χ2n) is 4.56. The quantitative estimate of drug-likeness (QED) is 0.881. The second kappa shape index (κ2) is 5.14. The zero-order valence-electron chi connectivity index (χ0n) is 11.0. The number of rotatable bonds is 2. The molecule has 2 N–H and O–H groups in total. The van der Waals surface area contributed by atoms with Gasteiger partial charge >= 0.3 is 0 Å². The zero-order valence-corrected chi connectivity index (χ0v) is 12.6. The number of hydrazone groups is 1. The van der Waals surface area contributed by atoms with Crippen LogP contribution in [-0.2, 0) is 4.79 Å². The Hall–Kier alpha value is -1.47. The fraction of sp³-hybridized carbons (Fsp3) is 0.308. The number of carbonyl (C=O) groups excluding carboxylic acids is 2. The molecule has 1 aromatic carbocycles. The average molecular weight is 307 g/mol. The van der Waals surface area contributed by atoms with Gasteiger partial charge in [-0.1, -0.05) is 17.8 Å². The fourth-order valence-electron chi connectivity index (χ4n) is 2.37. The van der Waals surface area contributed by atoms with Gasteiger partial charge in [-0.3, -0.25) is 9.59 Å². The van der Waals surface area contributed by atoms with Gasteiger partial charge in [-0.25, -0.2) is 5.43 Å². The van der Waals surface area contributed by atoms with Crippen molar-refractivity contribution in [1.82, 2.24) is 5.43 Å². The van der Waals surface area contributed by atoms with Gasteiger partial charge in [0.05, 0.1) is 11.0 Å². The van der Waals surface area contributed by atoms with Crippen LogP contribution in [0.25, 0.3) is 0 Å². The van der Waals surface area contributed by atoms with E-state index in [4.69, 9.17) is 0 Å². The normalized spacial score (nSPS) is 24.8. The molecule has 2 aliphatic rings. The number of anilines is 1. The summed E-state index contributed by atoms with van der Waals surface area (Å²) in [6, 6.07) is 5.81. The average Bonchev–Trinajstić information content (AvgIpc) is 2.73. The molecule has 0 radical (unpaired) electrons. The number of nitrogens with zero attached hydrogens (tertiary/aromatic N) is 1. The first kappa shape index (κ1) is 13.5. The fourth-order valence-corrected chi connectivity index (χ4v) is 3.81. The Morgan fingerprint density at radius 3 is 2.85 bits per heavy atom. The van der Waals surface area contributed by atoms with E-state index in [1.165, 1.54) is 23.5 Å². The summed E-state index contributed by atoms with van der Waals surface area (Å²) >= 11 is 2.73. The van der Waals surface area contributed by atoms with E-state index in [1.54, 1.807) is 0 Å². The molecule has 0 saturated heterocycles. The first-order chi connectivity index (χ1) is 9.60. The van der Waals surface area contributed by atoms with Gasteiger partial charge in [0.2, 0.25) is 5.91 Å². The molecule has 0 aromatic heterocycles. The third-order valence-corrected chi connectivity index (χ3v) is 5.12. The van der Waals surface area contributed by atoms with E-state index in [0.29, 0.717) is 0 Å². The summed E-state index contributed by atoms with van der Waals surface area (Å²) < 4.78 is 0. The van der Waals surface area contributed by atoms with Crippen LogP contribution in [0.1, 0.15) is 23.3 Å². The SMILES string of the molecule is CSC1C(=O)Nc2ccc(C3=NNC(=O)SC3C)cc21. The van der Waals surface area contributed by atoms with Crippen LogP contribution in [0.15, 0.2) is 23.3 Å². The molecule has 2 aliphatic heterocycles. The minimum atomic E-state index is -0.174. The first-order valence-electron chi connectivity index (χ1n) is 6.12. The van der Waals surface area contributed by atoms with Crippen molar-refractivity contribution in [2.45, 2.75) is 17.4 Å². The molecule has 2 unspecified atom stereocenters. The standard InChI is InChI=1S/C13H13N3O2S2/c1-6-10(15-16-13(18)20-6)7-3-4-9-8(5-7)11(19-2)12(17)14-9/h3-6,11H,1-2H3,(H,14,17)(H,16,18). The van der Waals surface area contributed by atoms with Crippen LogP contribution >= 0.6 is 23.5 Å². The predicted molar refractivity (Wildman–Crippen MR) is 83.4 cm³/mol. The largest absolute Gasteiger partial charge is 0.325 e. The highest BCUT2D eigenvalue weighted by atomic mass is 32.2. The van der Waals surface area contributed by atoms with Crippen molar-refractivity contribution in [1.29, 1.82) is 0 Å². The van der Waals surface area contributed by atoms with Crippen LogP contribution in [-0.4, -0.2) is 28.4 Å². The van der Waals surface area contributed by atoms with Gasteiger partial charge in [0.15, 0.2) is 0 Å². The molecule has 1 aromatic rings. The number of hydrogen-bond acceptors (Lipinski definition) is 5. The van der Waals surface area contributed by atoms with Gasteiger partial charge < -0.3 is 5.32 Å². The van der Waals surface area contributed by atoms with Gasteiger partial charge in [-0.05, 0) is 36.4 Å². The number of hydrogen-bond donors (Lipinski definition) is 2. The van der Waals surface area contributed by atoms with Crippen molar-refractivity contribution in [3.8, 4) is 0 Å².